The predicted octanol–water partition coefficient (Wildman–Crippen LogP) is 1.79. The molecule has 1 heterocycles. The van der Waals surface area contributed by atoms with Gasteiger partial charge in [-0.3, -0.25) is 4.79 Å². The monoisotopic (exact) mass is 276 g/mol. The Morgan fingerprint density at radius 1 is 1.15 bits per heavy atom. The first-order valence-electron chi connectivity index (χ1n) is 5.73. The van der Waals surface area contributed by atoms with Crippen LogP contribution >= 0.6 is 0 Å². The first-order chi connectivity index (χ1) is 9.47. The van der Waals surface area contributed by atoms with Gasteiger partial charge < -0.3 is 13.9 Å². The van der Waals surface area contributed by atoms with Crippen LogP contribution in [0.1, 0.15) is 27.6 Å². The van der Waals surface area contributed by atoms with Gasteiger partial charge in [0.15, 0.2) is 17.1 Å². The zero-order valence-corrected chi connectivity index (χ0v) is 11.2. The van der Waals surface area contributed by atoms with E-state index in [-0.39, 0.29) is 22.7 Å². The van der Waals surface area contributed by atoms with Crippen molar-refractivity contribution in [2.45, 2.75) is 6.92 Å². The highest BCUT2D eigenvalue weighted by atomic mass is 16.5. The van der Waals surface area contributed by atoms with Crippen molar-refractivity contribution in [3.05, 3.63) is 39.7 Å². The molecular formula is C14H12O6. The van der Waals surface area contributed by atoms with E-state index >= 15 is 0 Å². The second-order valence-corrected chi connectivity index (χ2v) is 4.08. The second-order valence-electron chi connectivity index (χ2n) is 4.08. The topological polar surface area (TPSA) is 82.8 Å². The van der Waals surface area contributed by atoms with Gasteiger partial charge in [-0.15, -0.1) is 0 Å². The maximum atomic E-state index is 11.7. The lowest BCUT2D eigenvalue weighted by Gasteiger charge is -2.09. The quantitative estimate of drug-likeness (QED) is 0.483. The summed E-state index contributed by atoms with van der Waals surface area (Å²) in [6.07, 6.45) is 0. The third kappa shape index (κ3) is 2.27. The Morgan fingerprint density at radius 2 is 1.85 bits per heavy atom. The van der Waals surface area contributed by atoms with Crippen LogP contribution < -0.4 is 10.4 Å². The number of hydrogen-bond donors (Lipinski definition) is 0. The number of rotatable bonds is 3. The summed E-state index contributed by atoms with van der Waals surface area (Å²) in [6.45, 7) is 1.39. The van der Waals surface area contributed by atoms with Gasteiger partial charge in [0.1, 0.15) is 0 Å². The molecular weight excluding hydrogens is 264 g/mol. The number of benzene rings is 1. The lowest BCUT2D eigenvalue weighted by Crippen LogP contribution is -2.09. The Labute approximate surface area is 113 Å². The molecule has 2 rings (SSSR count). The van der Waals surface area contributed by atoms with Crippen molar-refractivity contribution in [1.29, 1.82) is 0 Å². The minimum atomic E-state index is -0.702. The molecule has 0 amide bonds. The Kier molecular flexibility index (Phi) is 3.56. The van der Waals surface area contributed by atoms with Gasteiger partial charge in [0.2, 0.25) is 0 Å². The molecule has 0 saturated heterocycles. The van der Waals surface area contributed by atoms with Gasteiger partial charge in [0, 0.05) is 17.0 Å². The summed E-state index contributed by atoms with van der Waals surface area (Å²) < 4.78 is 14.8. The molecule has 1 aromatic carbocycles. The number of fused-ring (bicyclic) bond motifs is 1. The average molecular weight is 276 g/mol. The third-order valence-electron chi connectivity index (χ3n) is 2.84. The number of Topliss-reactive ketones (excluding diaryl/α,β-unsaturated/α-hetero) is 1. The van der Waals surface area contributed by atoms with E-state index in [1.807, 2.05) is 0 Å². The Hall–Kier alpha value is -2.63. The molecule has 0 aliphatic rings. The fourth-order valence-electron chi connectivity index (χ4n) is 1.87. The molecule has 6 nitrogen and oxygen atoms in total. The van der Waals surface area contributed by atoms with Crippen molar-refractivity contribution in [3.63, 3.8) is 0 Å². The zero-order valence-electron chi connectivity index (χ0n) is 11.2. The highest BCUT2D eigenvalue weighted by Crippen LogP contribution is 2.29. The van der Waals surface area contributed by atoms with E-state index in [9.17, 15) is 14.4 Å². The van der Waals surface area contributed by atoms with Crippen LogP contribution in [0, 0.1) is 0 Å². The molecule has 0 aliphatic heterocycles. The summed E-state index contributed by atoms with van der Waals surface area (Å²) in [4.78, 5) is 34.8. The van der Waals surface area contributed by atoms with Crippen molar-refractivity contribution in [1.82, 2.24) is 0 Å². The zero-order chi connectivity index (χ0) is 14.9. The van der Waals surface area contributed by atoms with E-state index < -0.39 is 11.6 Å². The number of methoxy groups -OCH3 is 2. The smallest absolute Gasteiger partial charge is 0.338 e. The van der Waals surface area contributed by atoms with Crippen LogP contribution in [0.3, 0.4) is 0 Å². The lowest BCUT2D eigenvalue weighted by atomic mass is 10.0. The van der Waals surface area contributed by atoms with Gasteiger partial charge in [0.25, 0.3) is 0 Å². The molecule has 6 heteroatoms. The molecule has 1 aromatic heterocycles. The van der Waals surface area contributed by atoms with E-state index in [2.05, 4.69) is 4.74 Å². The van der Waals surface area contributed by atoms with Crippen molar-refractivity contribution >= 4 is 22.7 Å². The molecule has 2 aromatic rings. The molecule has 0 unspecified atom stereocenters. The SMILES string of the molecule is COC(=O)c1cc(=O)oc2c(OC)cc(C(C)=O)cc12. The molecule has 20 heavy (non-hydrogen) atoms. The molecule has 0 spiro atoms. The largest absolute Gasteiger partial charge is 0.493 e. The number of ketones is 1. The minimum Gasteiger partial charge on any atom is -0.493 e. The summed E-state index contributed by atoms with van der Waals surface area (Å²) in [5, 5.41) is 0.293. The number of carbonyl (C=O) groups is 2. The van der Waals surface area contributed by atoms with Crippen molar-refractivity contribution in [2.24, 2.45) is 0 Å². The molecule has 0 saturated carbocycles. The molecule has 0 radical (unpaired) electrons. The average Bonchev–Trinajstić information content (AvgIpc) is 2.44. The van der Waals surface area contributed by atoms with E-state index in [0.717, 1.165) is 6.07 Å². The minimum absolute atomic E-state index is 0.0279. The van der Waals surface area contributed by atoms with Crippen LogP contribution in [0.5, 0.6) is 5.75 Å². The summed E-state index contributed by atoms with van der Waals surface area (Å²) in [7, 11) is 2.58. The lowest BCUT2D eigenvalue weighted by molar-refractivity contribution is 0.0602. The Bertz CT molecular complexity index is 756. The van der Waals surface area contributed by atoms with E-state index in [4.69, 9.17) is 9.15 Å². The summed E-state index contributed by atoms with van der Waals surface area (Å²) in [6, 6.07) is 3.95. The van der Waals surface area contributed by atoms with Gasteiger partial charge in [0.05, 0.1) is 19.8 Å². The van der Waals surface area contributed by atoms with Gasteiger partial charge in [-0.1, -0.05) is 0 Å². The number of ether oxygens (including phenoxy) is 2. The van der Waals surface area contributed by atoms with Crippen LogP contribution in [0.2, 0.25) is 0 Å². The summed E-state index contributed by atoms with van der Waals surface area (Å²) >= 11 is 0. The maximum Gasteiger partial charge on any atom is 0.338 e. The first-order valence-corrected chi connectivity index (χ1v) is 5.73. The van der Waals surface area contributed by atoms with E-state index in [0.29, 0.717) is 10.9 Å². The first kappa shape index (κ1) is 13.8. The van der Waals surface area contributed by atoms with E-state index in [1.54, 1.807) is 0 Å². The van der Waals surface area contributed by atoms with Crippen molar-refractivity contribution < 1.29 is 23.5 Å². The number of hydrogen-bond acceptors (Lipinski definition) is 6. The van der Waals surface area contributed by atoms with Crippen LogP contribution in [0.25, 0.3) is 11.0 Å². The highest BCUT2D eigenvalue weighted by Gasteiger charge is 2.18. The van der Waals surface area contributed by atoms with E-state index in [1.165, 1.54) is 33.3 Å². The summed E-state index contributed by atoms with van der Waals surface area (Å²) in [5.41, 5.74) is -0.231. The van der Waals surface area contributed by atoms with Crippen LogP contribution in [0.4, 0.5) is 0 Å². The Balaban J connectivity index is 2.93. The molecule has 0 fully saturated rings. The standard InChI is InChI=1S/C14H12O6/c1-7(15)8-4-9-10(14(17)19-3)6-12(16)20-13(9)11(5-8)18-2/h4-6H,1-3H3. The van der Waals surface area contributed by atoms with Crippen molar-refractivity contribution in [2.75, 3.05) is 14.2 Å². The molecule has 0 aliphatic carbocycles. The van der Waals surface area contributed by atoms with Crippen molar-refractivity contribution in [3.8, 4) is 5.75 Å². The number of esters is 1. The van der Waals surface area contributed by atoms with Gasteiger partial charge >= 0.3 is 11.6 Å². The maximum absolute atomic E-state index is 11.7. The number of carbonyl (C=O) groups excluding carboxylic acids is 2. The fraction of sp³-hybridized carbons (Fsp3) is 0.214. The molecule has 0 bridgehead atoms. The van der Waals surface area contributed by atoms with Crippen LogP contribution in [-0.4, -0.2) is 26.0 Å². The Morgan fingerprint density at radius 3 is 2.40 bits per heavy atom. The van der Waals surface area contributed by atoms with Gasteiger partial charge in [-0.2, -0.15) is 0 Å². The van der Waals surface area contributed by atoms with Gasteiger partial charge in [-0.25, -0.2) is 9.59 Å². The fourth-order valence-corrected chi connectivity index (χ4v) is 1.87. The highest BCUT2D eigenvalue weighted by molar-refractivity contribution is 6.07. The normalized spacial score (nSPS) is 10.3. The second kappa shape index (κ2) is 5.16. The molecule has 104 valence electrons. The third-order valence-corrected chi connectivity index (χ3v) is 2.84. The predicted molar refractivity (Wildman–Crippen MR) is 70.4 cm³/mol. The molecule has 0 N–H and O–H groups in total. The van der Waals surface area contributed by atoms with Crippen LogP contribution in [-0.2, 0) is 4.74 Å². The molecule has 0 atom stereocenters. The van der Waals surface area contributed by atoms with Gasteiger partial charge in [-0.05, 0) is 19.1 Å². The van der Waals surface area contributed by atoms with Crippen LogP contribution in [0.15, 0.2) is 27.4 Å². The summed E-state index contributed by atoms with van der Waals surface area (Å²) in [5.74, 6) is -0.687.